The topological polar surface area (TPSA) is 57.5 Å². The zero-order valence-corrected chi connectivity index (χ0v) is 11.0. The summed E-state index contributed by atoms with van der Waals surface area (Å²) in [5.41, 5.74) is 0.0438. The first-order valence-electron chi connectivity index (χ1n) is 5.86. The maximum atomic E-state index is 12.1. The maximum Gasteiger partial charge on any atom is 0.419 e. The fourth-order valence-electron chi connectivity index (χ4n) is 1.76. The van der Waals surface area contributed by atoms with E-state index in [0.717, 1.165) is 0 Å². The highest BCUT2D eigenvalue weighted by molar-refractivity contribution is 5.94. The maximum absolute atomic E-state index is 12.1. The normalized spacial score (nSPS) is 11.3. The Morgan fingerprint density at radius 1 is 1.26 bits per heavy atom. The van der Waals surface area contributed by atoms with E-state index in [1.165, 1.54) is 10.8 Å². The number of para-hydroxylation sites is 1. The van der Waals surface area contributed by atoms with Crippen molar-refractivity contribution in [3.63, 3.8) is 0 Å². The van der Waals surface area contributed by atoms with Crippen molar-refractivity contribution in [2.75, 3.05) is 0 Å². The molecule has 0 aliphatic heterocycles. The average molecular weight is 261 g/mol. The van der Waals surface area contributed by atoms with Gasteiger partial charge in [-0.05, 0) is 32.9 Å². The molecule has 0 radical (unpaired) electrons. The van der Waals surface area contributed by atoms with E-state index in [0.29, 0.717) is 23.1 Å². The fraction of sp³-hybridized carbons (Fsp3) is 0.286. The molecule has 5 nitrogen and oxygen atoms in total. The Morgan fingerprint density at radius 3 is 2.58 bits per heavy atom. The van der Waals surface area contributed by atoms with Gasteiger partial charge in [0.15, 0.2) is 5.75 Å². The summed E-state index contributed by atoms with van der Waals surface area (Å²) >= 11 is 0. The molecule has 0 bridgehead atoms. The van der Waals surface area contributed by atoms with Crippen LogP contribution in [0.15, 0.2) is 30.5 Å². The van der Waals surface area contributed by atoms with Crippen molar-refractivity contribution in [2.45, 2.75) is 26.4 Å². The predicted octanol–water partition coefficient (Wildman–Crippen LogP) is 2.96. The lowest BCUT2D eigenvalue weighted by atomic mass is 10.2. The van der Waals surface area contributed by atoms with Gasteiger partial charge in [-0.2, -0.15) is 0 Å². The van der Waals surface area contributed by atoms with E-state index in [4.69, 9.17) is 9.47 Å². The Hall–Kier alpha value is -2.30. The van der Waals surface area contributed by atoms with Crippen LogP contribution in [0.2, 0.25) is 0 Å². The lowest BCUT2D eigenvalue weighted by molar-refractivity contribution is -0.120. The van der Waals surface area contributed by atoms with Crippen molar-refractivity contribution in [3.8, 4) is 5.75 Å². The summed E-state index contributed by atoms with van der Waals surface area (Å²) in [6.45, 7) is 5.71. The molecule has 0 unspecified atom stereocenters. The molecule has 0 spiro atoms. The molecule has 0 fully saturated rings. The van der Waals surface area contributed by atoms with Gasteiger partial charge in [0, 0.05) is 5.39 Å². The van der Waals surface area contributed by atoms with Crippen LogP contribution >= 0.6 is 0 Å². The summed E-state index contributed by atoms with van der Waals surface area (Å²) in [6, 6.07) is 7.14. The molecule has 19 heavy (non-hydrogen) atoms. The van der Waals surface area contributed by atoms with Gasteiger partial charge in [-0.25, -0.2) is 9.36 Å². The minimum atomic E-state index is -0.589. The molecule has 0 amide bonds. The lowest BCUT2D eigenvalue weighted by Gasteiger charge is -2.19. The number of hydrogen-bond donors (Lipinski definition) is 0. The van der Waals surface area contributed by atoms with Gasteiger partial charge in [0.2, 0.25) is 0 Å². The van der Waals surface area contributed by atoms with Gasteiger partial charge in [0.25, 0.3) is 6.47 Å². The van der Waals surface area contributed by atoms with Crippen LogP contribution < -0.4 is 4.74 Å². The largest absolute Gasteiger partial charge is 0.443 e. The van der Waals surface area contributed by atoms with E-state index in [1.54, 1.807) is 45.0 Å². The van der Waals surface area contributed by atoms with Gasteiger partial charge in [0.1, 0.15) is 5.60 Å². The molecule has 0 saturated carbocycles. The fourth-order valence-corrected chi connectivity index (χ4v) is 1.76. The molecule has 2 aromatic rings. The van der Waals surface area contributed by atoms with E-state index < -0.39 is 11.7 Å². The Kier molecular flexibility index (Phi) is 3.29. The number of hydrogen-bond acceptors (Lipinski definition) is 4. The monoisotopic (exact) mass is 261 g/mol. The van der Waals surface area contributed by atoms with Crippen LogP contribution in [0, 0.1) is 0 Å². The van der Waals surface area contributed by atoms with Gasteiger partial charge in [-0.1, -0.05) is 12.1 Å². The third-order valence-electron chi connectivity index (χ3n) is 2.44. The highest BCUT2D eigenvalue weighted by atomic mass is 16.6. The zero-order valence-electron chi connectivity index (χ0n) is 11.0. The summed E-state index contributed by atoms with van der Waals surface area (Å²) in [5, 5.41) is 0.681. The number of nitrogens with zero attached hydrogens (tertiary/aromatic N) is 1. The summed E-state index contributed by atoms with van der Waals surface area (Å²) in [7, 11) is 0. The molecule has 2 rings (SSSR count). The minimum absolute atomic E-state index is 0.330. The standard InChI is InChI=1S/C14H15NO4/c1-14(2,3)19-13(17)15-8-12(18-9-16)10-6-4-5-7-11(10)15/h4-9H,1-3H3. The van der Waals surface area contributed by atoms with Crippen LogP contribution in [-0.4, -0.2) is 22.7 Å². The lowest BCUT2D eigenvalue weighted by Crippen LogP contribution is -2.26. The second-order valence-corrected chi connectivity index (χ2v) is 5.07. The smallest absolute Gasteiger partial charge is 0.419 e. The molecule has 0 atom stereocenters. The first-order chi connectivity index (χ1) is 8.92. The molecule has 100 valence electrons. The number of ether oxygens (including phenoxy) is 2. The van der Waals surface area contributed by atoms with Gasteiger partial charge in [0.05, 0.1) is 11.7 Å². The van der Waals surface area contributed by atoms with Crippen molar-refractivity contribution in [1.29, 1.82) is 0 Å². The third kappa shape index (κ3) is 2.76. The average Bonchev–Trinajstić information content (AvgIpc) is 2.67. The molecule has 1 heterocycles. The summed E-state index contributed by atoms with van der Waals surface area (Å²) in [5.74, 6) is 0.330. The van der Waals surface area contributed by atoms with Crippen LogP contribution in [0.5, 0.6) is 5.75 Å². The molecule has 0 aliphatic rings. The molecular weight excluding hydrogens is 246 g/mol. The zero-order chi connectivity index (χ0) is 14.0. The molecule has 1 aromatic heterocycles. The number of carbonyl (C=O) groups is 2. The van der Waals surface area contributed by atoms with E-state index in [9.17, 15) is 9.59 Å². The van der Waals surface area contributed by atoms with E-state index >= 15 is 0 Å². The van der Waals surface area contributed by atoms with Crippen molar-refractivity contribution < 1.29 is 19.1 Å². The van der Waals surface area contributed by atoms with Crippen molar-refractivity contribution in [2.24, 2.45) is 0 Å². The molecular formula is C14H15NO4. The van der Waals surface area contributed by atoms with Crippen LogP contribution in [0.4, 0.5) is 4.79 Å². The predicted molar refractivity (Wildman–Crippen MR) is 70.3 cm³/mol. The quantitative estimate of drug-likeness (QED) is 0.780. The van der Waals surface area contributed by atoms with Gasteiger partial charge >= 0.3 is 6.09 Å². The number of benzene rings is 1. The first-order valence-corrected chi connectivity index (χ1v) is 5.86. The van der Waals surface area contributed by atoms with E-state index in [1.807, 2.05) is 0 Å². The van der Waals surface area contributed by atoms with Gasteiger partial charge < -0.3 is 9.47 Å². The summed E-state index contributed by atoms with van der Waals surface area (Å²) in [4.78, 5) is 22.6. The summed E-state index contributed by atoms with van der Waals surface area (Å²) in [6.07, 6.45) is 0.942. The number of rotatable bonds is 2. The van der Waals surface area contributed by atoms with Crippen LogP contribution in [0.1, 0.15) is 20.8 Å². The second-order valence-electron chi connectivity index (χ2n) is 5.07. The Labute approximate surface area is 110 Å². The highest BCUT2D eigenvalue weighted by Gasteiger charge is 2.20. The Morgan fingerprint density at radius 2 is 1.95 bits per heavy atom. The SMILES string of the molecule is CC(C)(C)OC(=O)n1cc(OC=O)c2ccccc21. The van der Waals surface area contributed by atoms with E-state index in [-0.39, 0.29) is 0 Å². The van der Waals surface area contributed by atoms with Gasteiger partial charge in [-0.15, -0.1) is 0 Å². The van der Waals surface area contributed by atoms with Crippen molar-refractivity contribution >= 4 is 23.5 Å². The van der Waals surface area contributed by atoms with Crippen LogP contribution in [0.25, 0.3) is 10.9 Å². The third-order valence-corrected chi connectivity index (χ3v) is 2.44. The number of carbonyl (C=O) groups excluding carboxylic acids is 2. The summed E-state index contributed by atoms with van der Waals surface area (Å²) < 4.78 is 11.5. The molecule has 0 aliphatic carbocycles. The highest BCUT2D eigenvalue weighted by Crippen LogP contribution is 2.28. The van der Waals surface area contributed by atoms with E-state index in [2.05, 4.69) is 0 Å². The number of aromatic nitrogens is 1. The Balaban J connectivity index is 2.48. The Bertz CT molecular complexity index is 622. The minimum Gasteiger partial charge on any atom is -0.443 e. The van der Waals surface area contributed by atoms with Crippen molar-refractivity contribution in [3.05, 3.63) is 30.5 Å². The molecule has 0 saturated heterocycles. The van der Waals surface area contributed by atoms with Crippen LogP contribution in [-0.2, 0) is 9.53 Å². The first kappa shape index (κ1) is 13.1. The molecule has 5 heteroatoms. The van der Waals surface area contributed by atoms with Gasteiger partial charge in [-0.3, -0.25) is 4.79 Å². The number of fused-ring (bicyclic) bond motifs is 1. The van der Waals surface area contributed by atoms with Crippen LogP contribution in [0.3, 0.4) is 0 Å². The molecule has 0 N–H and O–H groups in total. The molecule has 1 aromatic carbocycles. The second kappa shape index (κ2) is 4.76. The van der Waals surface area contributed by atoms with Crippen molar-refractivity contribution in [1.82, 2.24) is 4.57 Å².